The summed E-state index contributed by atoms with van der Waals surface area (Å²) in [4.78, 5) is 55.1. The predicted molar refractivity (Wildman–Crippen MR) is 107 cm³/mol. The van der Waals surface area contributed by atoms with Crippen LogP contribution in [0.25, 0.3) is 0 Å². The first-order valence-electron chi connectivity index (χ1n) is 9.63. The standard InChI is InChI=1S/C18H30N6O7/c1-8(2)13(17(29)24-14(9(3)26)18(30)31)23-16(28)12(6-25)22-15(27)11(19)4-10-5-20-7-21-10/h5,7-9,11-14,25-26H,4,6,19H2,1-3H3,(H,20,21)(H,22,27)(H,23,28)(H,24,29)(H,30,31). The Morgan fingerprint density at radius 3 is 2.13 bits per heavy atom. The van der Waals surface area contributed by atoms with Crippen LogP contribution in [-0.4, -0.2) is 85.9 Å². The molecule has 174 valence electrons. The van der Waals surface area contributed by atoms with Gasteiger partial charge in [-0.25, -0.2) is 9.78 Å². The van der Waals surface area contributed by atoms with Crippen molar-refractivity contribution >= 4 is 23.7 Å². The molecule has 0 bridgehead atoms. The number of aliphatic hydroxyl groups is 2. The number of hydrogen-bond donors (Lipinski definition) is 8. The van der Waals surface area contributed by atoms with E-state index in [2.05, 4.69) is 25.9 Å². The Labute approximate surface area is 178 Å². The molecule has 9 N–H and O–H groups in total. The average Bonchev–Trinajstić information content (AvgIpc) is 3.19. The first kappa shape index (κ1) is 26.0. The van der Waals surface area contributed by atoms with Gasteiger partial charge in [-0.3, -0.25) is 14.4 Å². The van der Waals surface area contributed by atoms with Gasteiger partial charge < -0.3 is 42.0 Å². The van der Waals surface area contributed by atoms with Crippen LogP contribution >= 0.6 is 0 Å². The van der Waals surface area contributed by atoms with Crippen LogP contribution in [0.15, 0.2) is 12.5 Å². The normalized spacial score (nSPS) is 16.0. The van der Waals surface area contributed by atoms with Gasteiger partial charge in [-0.2, -0.15) is 0 Å². The van der Waals surface area contributed by atoms with E-state index in [1.54, 1.807) is 13.8 Å². The Balaban J connectivity index is 2.78. The summed E-state index contributed by atoms with van der Waals surface area (Å²) in [7, 11) is 0. The van der Waals surface area contributed by atoms with Crippen LogP contribution in [-0.2, 0) is 25.6 Å². The zero-order chi connectivity index (χ0) is 23.7. The number of aromatic amines is 1. The third kappa shape index (κ3) is 7.96. The average molecular weight is 442 g/mol. The zero-order valence-corrected chi connectivity index (χ0v) is 17.5. The molecule has 1 aromatic rings. The van der Waals surface area contributed by atoms with Gasteiger partial charge in [-0.15, -0.1) is 0 Å². The number of carbonyl (C=O) groups is 4. The van der Waals surface area contributed by atoms with Crippen molar-refractivity contribution in [2.24, 2.45) is 11.7 Å². The molecular weight excluding hydrogens is 412 g/mol. The summed E-state index contributed by atoms with van der Waals surface area (Å²) in [6.45, 7) is 3.66. The molecule has 0 saturated carbocycles. The number of amides is 3. The van der Waals surface area contributed by atoms with Gasteiger partial charge >= 0.3 is 5.97 Å². The van der Waals surface area contributed by atoms with E-state index in [9.17, 15) is 29.4 Å². The second-order valence-electron chi connectivity index (χ2n) is 7.43. The monoisotopic (exact) mass is 442 g/mol. The number of aliphatic hydroxyl groups excluding tert-OH is 2. The number of nitrogens with two attached hydrogens (primary N) is 1. The largest absolute Gasteiger partial charge is 0.480 e. The molecule has 3 amide bonds. The van der Waals surface area contributed by atoms with E-state index < -0.39 is 66.5 Å². The lowest BCUT2D eigenvalue weighted by Crippen LogP contribution is -2.60. The van der Waals surface area contributed by atoms with E-state index in [0.29, 0.717) is 5.69 Å². The Kier molecular flexibility index (Phi) is 10.0. The van der Waals surface area contributed by atoms with Gasteiger partial charge in [0.05, 0.1) is 25.1 Å². The van der Waals surface area contributed by atoms with Gasteiger partial charge in [0.25, 0.3) is 0 Å². The fourth-order valence-corrected chi connectivity index (χ4v) is 2.62. The Morgan fingerprint density at radius 2 is 1.68 bits per heavy atom. The van der Waals surface area contributed by atoms with Gasteiger partial charge in [-0.1, -0.05) is 13.8 Å². The van der Waals surface area contributed by atoms with Crippen molar-refractivity contribution in [1.29, 1.82) is 0 Å². The molecule has 31 heavy (non-hydrogen) atoms. The highest BCUT2D eigenvalue weighted by atomic mass is 16.4. The van der Waals surface area contributed by atoms with Crippen molar-refractivity contribution < 1.29 is 34.5 Å². The lowest BCUT2D eigenvalue weighted by Gasteiger charge is -2.27. The first-order chi connectivity index (χ1) is 14.5. The number of nitrogens with one attached hydrogen (secondary N) is 4. The molecule has 0 aromatic carbocycles. The van der Waals surface area contributed by atoms with E-state index in [-0.39, 0.29) is 6.42 Å². The van der Waals surface area contributed by atoms with Crippen LogP contribution in [0.5, 0.6) is 0 Å². The number of carboxylic acid groups (broad SMARTS) is 1. The molecule has 13 heteroatoms. The minimum absolute atomic E-state index is 0.124. The molecule has 13 nitrogen and oxygen atoms in total. The number of imidazole rings is 1. The second-order valence-corrected chi connectivity index (χ2v) is 7.43. The number of aliphatic carboxylic acids is 1. The summed E-state index contributed by atoms with van der Waals surface area (Å²) in [5.74, 6) is -4.30. The van der Waals surface area contributed by atoms with Crippen molar-refractivity contribution in [1.82, 2.24) is 25.9 Å². The zero-order valence-electron chi connectivity index (χ0n) is 17.5. The molecule has 1 heterocycles. The molecule has 0 fully saturated rings. The Morgan fingerprint density at radius 1 is 1.06 bits per heavy atom. The van der Waals surface area contributed by atoms with Crippen LogP contribution in [0, 0.1) is 5.92 Å². The summed E-state index contributed by atoms with van der Waals surface area (Å²) >= 11 is 0. The molecule has 0 aliphatic rings. The van der Waals surface area contributed by atoms with Crippen LogP contribution in [0.3, 0.4) is 0 Å². The number of rotatable bonds is 12. The molecule has 1 aromatic heterocycles. The molecule has 0 aliphatic heterocycles. The second kappa shape index (κ2) is 12.0. The summed E-state index contributed by atoms with van der Waals surface area (Å²) in [6.07, 6.45) is 1.67. The number of hydrogen-bond acceptors (Lipinski definition) is 8. The fourth-order valence-electron chi connectivity index (χ4n) is 2.62. The Bertz CT molecular complexity index is 753. The number of H-pyrrole nitrogens is 1. The number of aromatic nitrogens is 2. The van der Waals surface area contributed by atoms with Crippen molar-refractivity contribution in [3.8, 4) is 0 Å². The summed E-state index contributed by atoms with van der Waals surface area (Å²) in [6, 6.07) is -5.16. The van der Waals surface area contributed by atoms with Gasteiger partial charge in [0, 0.05) is 18.3 Å². The summed E-state index contributed by atoms with van der Waals surface area (Å²) in [5.41, 5.74) is 6.41. The van der Waals surface area contributed by atoms with Gasteiger partial charge in [0.2, 0.25) is 17.7 Å². The third-order valence-corrected chi connectivity index (χ3v) is 4.44. The third-order valence-electron chi connectivity index (χ3n) is 4.44. The highest BCUT2D eigenvalue weighted by Crippen LogP contribution is 2.05. The van der Waals surface area contributed by atoms with Crippen LogP contribution < -0.4 is 21.7 Å². The van der Waals surface area contributed by atoms with Gasteiger partial charge in [-0.05, 0) is 12.8 Å². The van der Waals surface area contributed by atoms with Gasteiger partial charge in [0.15, 0.2) is 6.04 Å². The first-order valence-corrected chi connectivity index (χ1v) is 9.63. The lowest BCUT2D eigenvalue weighted by molar-refractivity contribution is -0.145. The fraction of sp³-hybridized carbons (Fsp3) is 0.611. The van der Waals surface area contributed by atoms with Crippen molar-refractivity contribution in [2.45, 2.75) is 57.5 Å². The predicted octanol–water partition coefficient (Wildman–Crippen LogP) is -3.15. The lowest BCUT2D eigenvalue weighted by atomic mass is 10.0. The molecule has 1 rings (SSSR count). The smallest absolute Gasteiger partial charge is 0.328 e. The highest BCUT2D eigenvalue weighted by Gasteiger charge is 2.33. The van der Waals surface area contributed by atoms with Crippen LogP contribution in [0.1, 0.15) is 26.5 Å². The number of carbonyl (C=O) groups excluding carboxylic acids is 3. The minimum atomic E-state index is -1.57. The maximum Gasteiger partial charge on any atom is 0.328 e. The topological polar surface area (TPSA) is 220 Å². The number of carboxylic acids is 1. The van der Waals surface area contributed by atoms with E-state index >= 15 is 0 Å². The SMILES string of the molecule is CC(C)C(NC(=O)C(CO)NC(=O)C(N)Cc1cnc[nH]1)C(=O)NC(C(=O)O)C(C)O. The quantitative estimate of drug-likeness (QED) is 0.163. The van der Waals surface area contributed by atoms with Crippen LogP contribution in [0.2, 0.25) is 0 Å². The molecule has 0 spiro atoms. The maximum atomic E-state index is 12.5. The molecule has 0 aliphatic carbocycles. The van der Waals surface area contributed by atoms with Crippen molar-refractivity contribution in [3.63, 3.8) is 0 Å². The summed E-state index contributed by atoms with van der Waals surface area (Å²) < 4.78 is 0. The molecular formula is C18H30N6O7. The maximum absolute atomic E-state index is 12.5. The van der Waals surface area contributed by atoms with Crippen molar-refractivity contribution in [2.75, 3.05) is 6.61 Å². The van der Waals surface area contributed by atoms with Gasteiger partial charge in [0.1, 0.15) is 12.1 Å². The molecule has 0 radical (unpaired) electrons. The van der Waals surface area contributed by atoms with E-state index in [1.807, 2.05) is 0 Å². The van der Waals surface area contributed by atoms with E-state index in [1.165, 1.54) is 19.4 Å². The molecule has 5 unspecified atom stereocenters. The van der Waals surface area contributed by atoms with Crippen molar-refractivity contribution in [3.05, 3.63) is 18.2 Å². The molecule has 5 atom stereocenters. The Hall–Kier alpha value is -3.03. The van der Waals surface area contributed by atoms with E-state index in [0.717, 1.165) is 0 Å². The number of nitrogens with zero attached hydrogens (tertiary/aromatic N) is 1. The molecule has 0 saturated heterocycles. The summed E-state index contributed by atoms with van der Waals surface area (Å²) in [5, 5.41) is 35.0. The highest BCUT2D eigenvalue weighted by molar-refractivity contribution is 5.94. The van der Waals surface area contributed by atoms with E-state index in [4.69, 9.17) is 10.8 Å². The van der Waals surface area contributed by atoms with Crippen LogP contribution in [0.4, 0.5) is 0 Å². The minimum Gasteiger partial charge on any atom is -0.480 e.